The van der Waals surface area contributed by atoms with Crippen LogP contribution < -0.4 is 0 Å². The van der Waals surface area contributed by atoms with Crippen molar-refractivity contribution in [3.05, 3.63) is 23.9 Å². The van der Waals surface area contributed by atoms with Gasteiger partial charge in [-0.1, -0.05) is 0 Å². The summed E-state index contributed by atoms with van der Waals surface area (Å²) in [6, 6.07) is 3.11. The van der Waals surface area contributed by atoms with Crippen molar-refractivity contribution in [3.8, 4) is 0 Å². The predicted octanol–water partition coefficient (Wildman–Crippen LogP) is 2.87. The number of hydrogen-bond acceptors (Lipinski definition) is 4. The third-order valence-electron chi connectivity index (χ3n) is 4.75. The number of pyridine rings is 1. The fourth-order valence-corrected chi connectivity index (χ4v) is 4.00. The molecule has 25 heavy (non-hydrogen) atoms. The maximum atomic E-state index is 12.7. The molecular weight excluding hydrogens is 348 g/mol. The molecule has 5 nitrogen and oxygen atoms in total. The first kappa shape index (κ1) is 18.1. The quantitative estimate of drug-likeness (QED) is 0.766. The molecule has 2 aliphatic rings. The van der Waals surface area contributed by atoms with E-state index in [1.165, 1.54) is 12.3 Å². The van der Waals surface area contributed by atoms with Crippen molar-refractivity contribution in [2.75, 3.05) is 26.2 Å². The van der Waals surface area contributed by atoms with Crippen LogP contribution in [0.25, 0.3) is 0 Å². The fourth-order valence-electron chi connectivity index (χ4n) is 3.43. The lowest BCUT2D eigenvalue weighted by atomic mass is 9.95. The molecule has 0 unspecified atom stereocenters. The number of amides is 2. The van der Waals surface area contributed by atoms with Gasteiger partial charge in [-0.3, -0.25) is 9.59 Å². The lowest BCUT2D eigenvalue weighted by Crippen LogP contribution is -2.43. The molecular formula is C17H21F2N3O2S. The largest absolute Gasteiger partial charge is 0.342 e. The Morgan fingerprint density at radius 3 is 2.44 bits per heavy atom. The highest BCUT2D eigenvalue weighted by Gasteiger charge is 2.32. The number of rotatable bonds is 4. The van der Waals surface area contributed by atoms with Crippen molar-refractivity contribution in [3.63, 3.8) is 0 Å². The van der Waals surface area contributed by atoms with Gasteiger partial charge in [0.05, 0.1) is 5.56 Å². The Kier molecular flexibility index (Phi) is 5.88. The molecule has 2 aliphatic heterocycles. The third kappa shape index (κ3) is 4.29. The van der Waals surface area contributed by atoms with Crippen molar-refractivity contribution in [1.29, 1.82) is 0 Å². The van der Waals surface area contributed by atoms with Gasteiger partial charge in [0.15, 0.2) is 0 Å². The Morgan fingerprint density at radius 2 is 1.80 bits per heavy atom. The number of alkyl halides is 2. The van der Waals surface area contributed by atoms with E-state index in [-0.39, 0.29) is 40.1 Å². The van der Waals surface area contributed by atoms with Crippen LogP contribution in [-0.2, 0) is 4.79 Å². The summed E-state index contributed by atoms with van der Waals surface area (Å²) in [5, 5.41) is 0.0535. The van der Waals surface area contributed by atoms with E-state index in [1.54, 1.807) is 11.0 Å². The van der Waals surface area contributed by atoms with Gasteiger partial charge in [-0.15, -0.1) is 0 Å². The molecule has 1 aromatic heterocycles. The van der Waals surface area contributed by atoms with Crippen molar-refractivity contribution < 1.29 is 18.4 Å². The van der Waals surface area contributed by atoms with E-state index in [9.17, 15) is 18.4 Å². The topological polar surface area (TPSA) is 53.5 Å². The molecule has 0 radical (unpaired) electrons. The molecule has 0 saturated carbocycles. The molecule has 0 spiro atoms. The summed E-state index contributed by atoms with van der Waals surface area (Å²) >= 11 is 0.287. The normalized spacial score (nSPS) is 18.8. The monoisotopic (exact) mass is 369 g/mol. The highest BCUT2D eigenvalue weighted by atomic mass is 32.2. The number of likely N-dealkylation sites (tertiary alicyclic amines) is 2. The minimum absolute atomic E-state index is 0.0362. The van der Waals surface area contributed by atoms with Crippen LogP contribution in [0.3, 0.4) is 0 Å². The molecule has 8 heteroatoms. The second-order valence-electron chi connectivity index (χ2n) is 6.33. The van der Waals surface area contributed by atoms with Crippen LogP contribution in [0.5, 0.6) is 0 Å². The van der Waals surface area contributed by atoms with E-state index in [1.807, 2.05) is 4.90 Å². The number of carbonyl (C=O) groups excluding carboxylic acids is 2. The van der Waals surface area contributed by atoms with E-state index in [4.69, 9.17) is 0 Å². The first-order chi connectivity index (χ1) is 12.1. The lowest BCUT2D eigenvalue weighted by Gasteiger charge is -2.33. The highest BCUT2D eigenvalue weighted by molar-refractivity contribution is 7.99. The van der Waals surface area contributed by atoms with E-state index in [2.05, 4.69) is 4.98 Å². The molecule has 2 fully saturated rings. The van der Waals surface area contributed by atoms with Crippen LogP contribution in [0.4, 0.5) is 8.78 Å². The maximum Gasteiger partial charge on any atom is 0.290 e. The van der Waals surface area contributed by atoms with Crippen molar-refractivity contribution in [1.82, 2.24) is 14.8 Å². The number of hydrogen-bond donors (Lipinski definition) is 0. The predicted molar refractivity (Wildman–Crippen MR) is 90.5 cm³/mol. The summed E-state index contributed by atoms with van der Waals surface area (Å²) in [4.78, 5) is 32.6. The molecule has 2 amide bonds. The fraction of sp³-hybridized carbons (Fsp3) is 0.588. The van der Waals surface area contributed by atoms with E-state index < -0.39 is 5.76 Å². The van der Waals surface area contributed by atoms with Gasteiger partial charge in [0.1, 0.15) is 5.03 Å². The van der Waals surface area contributed by atoms with Gasteiger partial charge < -0.3 is 9.80 Å². The SMILES string of the molecule is O=C(c1cccnc1SC(F)F)N1CCC(C(=O)N2CCCC2)CC1. The van der Waals surface area contributed by atoms with Crippen LogP contribution in [0.15, 0.2) is 23.4 Å². The summed E-state index contributed by atoms with van der Waals surface area (Å²) in [6.07, 6.45) is 4.78. The number of piperidine rings is 1. The minimum atomic E-state index is -2.62. The number of aromatic nitrogens is 1. The van der Waals surface area contributed by atoms with Gasteiger partial charge in [0, 0.05) is 38.3 Å². The standard InChI is InChI=1S/C17H21F2N3O2S/c18-17(19)25-14-13(4-3-7-20-14)16(24)22-10-5-12(6-11-22)15(23)21-8-1-2-9-21/h3-4,7,12,17H,1-2,5-6,8-11H2. The average molecular weight is 369 g/mol. The smallest absolute Gasteiger partial charge is 0.290 e. The van der Waals surface area contributed by atoms with Crippen LogP contribution in [0.2, 0.25) is 0 Å². The van der Waals surface area contributed by atoms with E-state index in [0.29, 0.717) is 25.9 Å². The lowest BCUT2D eigenvalue weighted by molar-refractivity contribution is -0.135. The highest BCUT2D eigenvalue weighted by Crippen LogP contribution is 2.29. The number of halogens is 2. The molecule has 1 aromatic rings. The minimum Gasteiger partial charge on any atom is -0.342 e. The van der Waals surface area contributed by atoms with E-state index >= 15 is 0 Å². The van der Waals surface area contributed by atoms with Crippen molar-refractivity contribution in [2.45, 2.75) is 36.5 Å². The summed E-state index contributed by atoms with van der Waals surface area (Å²) in [7, 11) is 0. The third-order valence-corrected chi connectivity index (χ3v) is 5.48. The second-order valence-corrected chi connectivity index (χ2v) is 7.31. The second kappa shape index (κ2) is 8.12. The summed E-state index contributed by atoms with van der Waals surface area (Å²) in [5.74, 6) is -2.75. The Morgan fingerprint density at radius 1 is 1.12 bits per heavy atom. The summed E-state index contributed by atoms with van der Waals surface area (Å²) in [5.41, 5.74) is 0.206. The van der Waals surface area contributed by atoms with Gasteiger partial charge in [-0.25, -0.2) is 4.98 Å². The zero-order valence-corrected chi connectivity index (χ0v) is 14.7. The summed E-state index contributed by atoms with van der Waals surface area (Å²) in [6.45, 7) is 2.61. The van der Waals surface area contributed by atoms with Gasteiger partial charge in [-0.2, -0.15) is 8.78 Å². The molecule has 136 valence electrons. The first-order valence-corrected chi connectivity index (χ1v) is 9.42. The number of nitrogens with zero attached hydrogens (tertiary/aromatic N) is 3. The molecule has 0 atom stereocenters. The van der Waals surface area contributed by atoms with Crippen LogP contribution >= 0.6 is 11.8 Å². The molecule has 3 rings (SSSR count). The Hall–Kier alpha value is -1.70. The molecule has 0 aliphatic carbocycles. The van der Waals surface area contributed by atoms with E-state index in [0.717, 1.165) is 25.9 Å². The zero-order chi connectivity index (χ0) is 17.8. The number of carbonyl (C=O) groups is 2. The molecule has 0 aromatic carbocycles. The molecule has 2 saturated heterocycles. The van der Waals surface area contributed by atoms with Crippen LogP contribution in [-0.4, -0.2) is 58.5 Å². The molecule has 3 heterocycles. The number of thioether (sulfide) groups is 1. The van der Waals surface area contributed by atoms with Crippen LogP contribution in [0.1, 0.15) is 36.0 Å². The van der Waals surface area contributed by atoms with Crippen molar-refractivity contribution in [2.24, 2.45) is 5.92 Å². The Labute approximate surface area is 149 Å². The van der Waals surface area contributed by atoms with Gasteiger partial charge in [0.25, 0.3) is 11.7 Å². The summed E-state index contributed by atoms with van der Waals surface area (Å²) < 4.78 is 25.3. The zero-order valence-electron chi connectivity index (χ0n) is 13.9. The van der Waals surface area contributed by atoms with Gasteiger partial charge in [-0.05, 0) is 49.6 Å². The molecule has 0 N–H and O–H groups in total. The average Bonchev–Trinajstić information content (AvgIpc) is 3.15. The first-order valence-electron chi connectivity index (χ1n) is 8.54. The van der Waals surface area contributed by atoms with Gasteiger partial charge >= 0.3 is 0 Å². The van der Waals surface area contributed by atoms with Crippen molar-refractivity contribution >= 4 is 23.6 Å². The van der Waals surface area contributed by atoms with Gasteiger partial charge in [0.2, 0.25) is 5.91 Å². The maximum absolute atomic E-state index is 12.7. The Bertz CT molecular complexity index is 630. The Balaban J connectivity index is 1.61. The van der Waals surface area contributed by atoms with Crippen LogP contribution in [0, 0.1) is 5.92 Å². The molecule has 0 bridgehead atoms.